The third-order valence-corrected chi connectivity index (χ3v) is 6.86. The highest BCUT2D eigenvalue weighted by atomic mass is 32.2. The molecule has 0 saturated heterocycles. The first-order valence-corrected chi connectivity index (χ1v) is 12.7. The van der Waals surface area contributed by atoms with Crippen LogP contribution in [-0.4, -0.2) is 31.1 Å². The normalized spacial score (nSPS) is 12.5. The standard InChI is InChI=1S/C26H31N5O2S/c1-6-18(5)27-23(32)20-11-12-21-22(13-20)31-25(30(24(21)33)14-16(2)3)28-29-26(31)34-15-19-9-7-17(4)8-10-19/h7-13,16,18H,6,14-15H2,1-5H3,(H,27,32)/t18-/m1/s1. The van der Waals surface area contributed by atoms with Crippen LogP contribution in [0, 0.1) is 12.8 Å². The van der Waals surface area contributed by atoms with Crippen LogP contribution >= 0.6 is 11.8 Å². The van der Waals surface area contributed by atoms with Crippen LogP contribution in [0.4, 0.5) is 0 Å². The van der Waals surface area contributed by atoms with E-state index < -0.39 is 0 Å². The van der Waals surface area contributed by atoms with Gasteiger partial charge in [-0.05, 0) is 49.9 Å². The quantitative estimate of drug-likeness (QED) is 0.368. The van der Waals surface area contributed by atoms with Crippen LogP contribution in [-0.2, 0) is 12.3 Å². The third-order valence-electron chi connectivity index (χ3n) is 5.86. The van der Waals surface area contributed by atoms with Crippen LogP contribution in [0.2, 0.25) is 0 Å². The van der Waals surface area contributed by atoms with Crippen molar-refractivity contribution in [3.63, 3.8) is 0 Å². The maximum absolute atomic E-state index is 13.4. The molecule has 2 aromatic carbocycles. The van der Waals surface area contributed by atoms with Crippen molar-refractivity contribution >= 4 is 34.3 Å². The molecule has 1 atom stereocenters. The molecule has 1 amide bonds. The molecule has 2 heterocycles. The van der Waals surface area contributed by atoms with Crippen molar-refractivity contribution in [2.24, 2.45) is 5.92 Å². The molecule has 1 N–H and O–H groups in total. The fraction of sp³-hybridized carbons (Fsp3) is 0.385. The van der Waals surface area contributed by atoms with E-state index in [-0.39, 0.29) is 23.4 Å². The Balaban J connectivity index is 1.85. The van der Waals surface area contributed by atoms with Gasteiger partial charge in [-0.1, -0.05) is 62.4 Å². The number of fused-ring (bicyclic) bond motifs is 3. The van der Waals surface area contributed by atoms with E-state index in [1.54, 1.807) is 34.5 Å². The van der Waals surface area contributed by atoms with Gasteiger partial charge in [-0.2, -0.15) is 0 Å². The van der Waals surface area contributed by atoms with Crippen LogP contribution in [0.5, 0.6) is 0 Å². The number of aromatic nitrogens is 4. The second kappa shape index (κ2) is 10.0. The summed E-state index contributed by atoms with van der Waals surface area (Å²) in [6, 6.07) is 13.7. The van der Waals surface area contributed by atoms with Gasteiger partial charge < -0.3 is 5.32 Å². The highest BCUT2D eigenvalue weighted by molar-refractivity contribution is 7.98. The second-order valence-corrected chi connectivity index (χ2v) is 10.2. The number of nitrogens with one attached hydrogen (secondary N) is 1. The van der Waals surface area contributed by atoms with Crippen molar-refractivity contribution in [2.75, 3.05) is 0 Å². The number of benzene rings is 2. The number of hydrogen-bond donors (Lipinski definition) is 1. The van der Waals surface area contributed by atoms with Crippen molar-refractivity contribution in [3.8, 4) is 0 Å². The first-order valence-electron chi connectivity index (χ1n) is 11.7. The maximum Gasteiger partial charge on any atom is 0.262 e. The first-order chi connectivity index (χ1) is 16.3. The van der Waals surface area contributed by atoms with Gasteiger partial charge in [0, 0.05) is 23.9 Å². The number of aryl methyl sites for hydroxylation is 1. The van der Waals surface area contributed by atoms with E-state index in [1.807, 2.05) is 18.2 Å². The largest absolute Gasteiger partial charge is 0.350 e. The summed E-state index contributed by atoms with van der Waals surface area (Å²) in [6.07, 6.45) is 0.842. The van der Waals surface area contributed by atoms with Gasteiger partial charge in [-0.25, -0.2) is 0 Å². The molecule has 4 aromatic rings. The molecule has 0 aliphatic heterocycles. The molecule has 2 aromatic heterocycles. The number of nitrogens with zero attached hydrogens (tertiary/aromatic N) is 4. The Hall–Kier alpha value is -3.13. The summed E-state index contributed by atoms with van der Waals surface area (Å²) >= 11 is 1.57. The number of thioether (sulfide) groups is 1. The van der Waals surface area contributed by atoms with Crippen molar-refractivity contribution in [3.05, 3.63) is 69.5 Å². The van der Waals surface area contributed by atoms with Gasteiger partial charge >= 0.3 is 0 Å². The van der Waals surface area contributed by atoms with E-state index in [0.717, 1.165) is 12.2 Å². The lowest BCUT2D eigenvalue weighted by molar-refractivity contribution is 0.0939. The van der Waals surface area contributed by atoms with E-state index in [4.69, 9.17) is 0 Å². The molecule has 34 heavy (non-hydrogen) atoms. The number of rotatable bonds is 8. The summed E-state index contributed by atoms with van der Waals surface area (Å²) in [7, 11) is 0. The molecule has 4 rings (SSSR count). The Morgan fingerprint density at radius 2 is 1.82 bits per heavy atom. The Morgan fingerprint density at radius 1 is 1.09 bits per heavy atom. The summed E-state index contributed by atoms with van der Waals surface area (Å²) in [5.74, 6) is 1.33. The Kier molecular flexibility index (Phi) is 7.07. The zero-order chi connectivity index (χ0) is 24.4. The fourth-order valence-corrected chi connectivity index (χ4v) is 4.68. The molecule has 0 fully saturated rings. The average molecular weight is 478 g/mol. The van der Waals surface area contributed by atoms with Crippen LogP contribution in [0.25, 0.3) is 16.7 Å². The van der Waals surface area contributed by atoms with Crippen LogP contribution in [0.1, 0.15) is 55.6 Å². The predicted octanol–water partition coefficient (Wildman–Crippen LogP) is 4.83. The number of carbonyl (C=O) groups is 1. The zero-order valence-corrected chi connectivity index (χ0v) is 21.1. The first kappa shape index (κ1) is 24.0. The lowest BCUT2D eigenvalue weighted by Crippen LogP contribution is -2.32. The van der Waals surface area contributed by atoms with E-state index in [0.29, 0.717) is 33.9 Å². The van der Waals surface area contributed by atoms with E-state index in [2.05, 4.69) is 60.6 Å². The van der Waals surface area contributed by atoms with E-state index in [9.17, 15) is 9.59 Å². The van der Waals surface area contributed by atoms with E-state index in [1.165, 1.54) is 11.1 Å². The molecule has 0 saturated carbocycles. The molecule has 0 bridgehead atoms. The lowest BCUT2D eigenvalue weighted by atomic mass is 10.1. The summed E-state index contributed by atoms with van der Waals surface area (Å²) in [5, 5.41) is 13.1. The lowest BCUT2D eigenvalue weighted by Gasteiger charge is -2.15. The van der Waals surface area contributed by atoms with Crippen LogP contribution in [0.3, 0.4) is 0 Å². The SMILES string of the molecule is CC[C@@H](C)NC(=O)c1ccc2c(=O)n(CC(C)C)c3nnc(SCc4ccc(C)cc4)n3c2c1. The van der Waals surface area contributed by atoms with Crippen molar-refractivity contribution < 1.29 is 4.79 Å². The maximum atomic E-state index is 13.4. The summed E-state index contributed by atoms with van der Waals surface area (Å²) < 4.78 is 3.60. The molecular weight excluding hydrogens is 446 g/mol. The topological polar surface area (TPSA) is 81.3 Å². The smallest absolute Gasteiger partial charge is 0.262 e. The van der Waals surface area contributed by atoms with Crippen molar-refractivity contribution in [2.45, 2.75) is 64.5 Å². The Labute approximate surface area is 203 Å². The number of carbonyl (C=O) groups excluding carboxylic acids is 1. The van der Waals surface area contributed by atoms with Gasteiger partial charge in [0.05, 0.1) is 10.9 Å². The Bertz CT molecular complexity index is 1390. The monoisotopic (exact) mass is 477 g/mol. The minimum absolute atomic E-state index is 0.0674. The van der Waals surface area contributed by atoms with Gasteiger partial charge in [-0.3, -0.25) is 18.6 Å². The molecule has 0 unspecified atom stereocenters. The molecule has 8 heteroatoms. The number of amides is 1. The summed E-state index contributed by atoms with van der Waals surface area (Å²) in [6.45, 7) is 10.7. The van der Waals surface area contributed by atoms with Gasteiger partial charge in [0.1, 0.15) is 0 Å². The minimum Gasteiger partial charge on any atom is -0.350 e. The highest BCUT2D eigenvalue weighted by Crippen LogP contribution is 2.26. The highest BCUT2D eigenvalue weighted by Gasteiger charge is 2.19. The van der Waals surface area contributed by atoms with Crippen molar-refractivity contribution in [1.29, 1.82) is 0 Å². The second-order valence-electron chi connectivity index (χ2n) is 9.22. The molecule has 0 aliphatic rings. The molecular formula is C26H31N5O2S. The fourth-order valence-electron chi connectivity index (χ4n) is 3.79. The van der Waals surface area contributed by atoms with Gasteiger partial charge in [0.2, 0.25) is 5.78 Å². The average Bonchev–Trinajstić information content (AvgIpc) is 3.24. The Morgan fingerprint density at radius 3 is 2.50 bits per heavy atom. The number of hydrogen-bond acceptors (Lipinski definition) is 5. The van der Waals surface area contributed by atoms with E-state index >= 15 is 0 Å². The van der Waals surface area contributed by atoms with Gasteiger partial charge in [0.15, 0.2) is 5.16 Å². The third kappa shape index (κ3) is 4.87. The van der Waals surface area contributed by atoms with Crippen LogP contribution in [0.15, 0.2) is 52.4 Å². The molecule has 0 spiro atoms. The van der Waals surface area contributed by atoms with Gasteiger partial charge in [-0.15, -0.1) is 10.2 Å². The summed E-state index contributed by atoms with van der Waals surface area (Å²) in [4.78, 5) is 26.2. The molecule has 0 radical (unpaired) electrons. The predicted molar refractivity (Wildman–Crippen MR) is 138 cm³/mol. The minimum atomic E-state index is -0.155. The van der Waals surface area contributed by atoms with Gasteiger partial charge in [0.25, 0.3) is 11.5 Å². The molecule has 7 nitrogen and oxygen atoms in total. The molecule has 178 valence electrons. The summed E-state index contributed by atoms with van der Waals surface area (Å²) in [5.41, 5.74) is 3.44. The molecule has 0 aliphatic carbocycles. The van der Waals surface area contributed by atoms with Crippen molar-refractivity contribution in [1.82, 2.24) is 24.5 Å². The van der Waals surface area contributed by atoms with Crippen LogP contribution < -0.4 is 10.9 Å². The zero-order valence-electron chi connectivity index (χ0n) is 20.3.